The smallest absolute Gasteiger partial charge is 0.255 e. The molecule has 0 radical (unpaired) electrons. The lowest BCUT2D eigenvalue weighted by molar-refractivity contribution is 0.102. The number of pyridine rings is 3. The van der Waals surface area contributed by atoms with Gasteiger partial charge in [-0.2, -0.15) is 5.10 Å². The van der Waals surface area contributed by atoms with E-state index in [2.05, 4.69) is 40.4 Å². The number of hydrogen-bond acceptors (Lipinski definition) is 7. The van der Waals surface area contributed by atoms with Gasteiger partial charge in [-0.25, -0.2) is 24.3 Å². The Morgan fingerprint density at radius 2 is 1.93 bits per heavy atom. The summed E-state index contributed by atoms with van der Waals surface area (Å²) in [6.07, 6.45) is 9.58. The van der Waals surface area contributed by atoms with Crippen molar-refractivity contribution < 1.29 is 9.18 Å². The van der Waals surface area contributed by atoms with Crippen LogP contribution in [-0.2, 0) is 0 Å². The van der Waals surface area contributed by atoms with Gasteiger partial charge < -0.3 is 10.3 Å². The van der Waals surface area contributed by atoms with Crippen LogP contribution in [0, 0.1) is 12.7 Å². The molecule has 0 unspecified atom stereocenters. The molecule has 0 spiro atoms. The highest BCUT2D eigenvalue weighted by atomic mass is 19.1. The summed E-state index contributed by atoms with van der Waals surface area (Å²) in [5, 5.41) is 10.1. The molecule has 0 aliphatic carbocycles. The third-order valence-corrected chi connectivity index (χ3v) is 6.43. The first kappa shape index (κ1) is 23.3. The monoisotopic (exact) mass is 530 g/mol. The maximum absolute atomic E-state index is 16.1. The maximum atomic E-state index is 16.1. The number of amides is 1. The van der Waals surface area contributed by atoms with Crippen LogP contribution in [0.1, 0.15) is 16.1 Å². The van der Waals surface area contributed by atoms with Crippen LogP contribution >= 0.6 is 0 Å². The molecule has 3 N–H and O–H groups in total. The highest BCUT2D eigenvalue weighted by Gasteiger charge is 2.22. The Morgan fingerprint density at radius 3 is 2.75 bits per heavy atom. The lowest BCUT2D eigenvalue weighted by Crippen LogP contribution is -2.11. The minimum Gasteiger partial charge on any atom is -0.336 e. The molecule has 0 aliphatic rings. The summed E-state index contributed by atoms with van der Waals surface area (Å²) in [7, 11) is 0. The molecule has 0 atom stereocenters. The van der Waals surface area contributed by atoms with E-state index < -0.39 is 5.82 Å². The quantitative estimate of drug-likeness (QED) is 0.289. The summed E-state index contributed by atoms with van der Waals surface area (Å²) in [6.45, 7) is 1.89. The molecule has 0 aliphatic heterocycles. The van der Waals surface area contributed by atoms with Crippen molar-refractivity contribution in [3.63, 3.8) is 0 Å². The zero-order chi connectivity index (χ0) is 27.2. The van der Waals surface area contributed by atoms with Gasteiger partial charge in [0.05, 0.1) is 28.5 Å². The molecular formula is C28H19FN10O. The molecule has 194 valence electrons. The van der Waals surface area contributed by atoms with Gasteiger partial charge in [0.2, 0.25) is 0 Å². The van der Waals surface area contributed by atoms with Crippen molar-refractivity contribution in [2.24, 2.45) is 0 Å². The number of carbonyl (C=O) groups excluding carboxylic acids is 1. The number of carbonyl (C=O) groups is 1. The van der Waals surface area contributed by atoms with Gasteiger partial charge in [0.25, 0.3) is 5.91 Å². The summed E-state index contributed by atoms with van der Waals surface area (Å²) < 4.78 is 17.9. The Morgan fingerprint density at radius 1 is 1.05 bits per heavy atom. The van der Waals surface area contributed by atoms with Crippen LogP contribution in [0.15, 0.2) is 79.8 Å². The van der Waals surface area contributed by atoms with Crippen LogP contribution in [0.3, 0.4) is 0 Å². The minimum atomic E-state index is -0.550. The van der Waals surface area contributed by atoms with Crippen LogP contribution in [-0.4, -0.2) is 50.6 Å². The molecule has 7 aromatic rings. The summed E-state index contributed by atoms with van der Waals surface area (Å²) in [6, 6.07) is 12.2. The number of benzene rings is 1. The molecule has 7 rings (SSSR count). The van der Waals surface area contributed by atoms with Crippen LogP contribution in [0.5, 0.6) is 0 Å². The fourth-order valence-electron chi connectivity index (χ4n) is 4.54. The van der Waals surface area contributed by atoms with Gasteiger partial charge in [-0.15, -0.1) is 0 Å². The molecular weight excluding hydrogens is 511 g/mol. The third-order valence-electron chi connectivity index (χ3n) is 6.43. The number of fused-ring (bicyclic) bond motifs is 2. The number of hydrogen-bond donors (Lipinski definition) is 3. The Labute approximate surface area is 225 Å². The van der Waals surface area contributed by atoms with Crippen LogP contribution < -0.4 is 5.32 Å². The second-order valence-corrected chi connectivity index (χ2v) is 9.10. The largest absolute Gasteiger partial charge is 0.336 e. The predicted molar refractivity (Wildman–Crippen MR) is 146 cm³/mol. The Hall–Kier alpha value is -5.78. The van der Waals surface area contributed by atoms with E-state index in [0.29, 0.717) is 39.5 Å². The van der Waals surface area contributed by atoms with E-state index in [-0.39, 0.29) is 28.2 Å². The van der Waals surface area contributed by atoms with E-state index in [1.807, 2.05) is 19.2 Å². The molecule has 1 amide bonds. The Kier molecular flexibility index (Phi) is 5.37. The number of aromatic nitrogens is 9. The standard InChI is InChI=1S/C28H19FN10O/c1-15-13-39(14-33-15)27-23-20(7-8-31-27)35-26(36-23)24-21-22(29)19(12-32-25(21)38-37-24)17-9-18(11-30-10-17)34-28(40)16-5-3-2-4-6-16/h2-14H,1H3,(H,34,40)(H,35,36)(H,32,37,38). The fourth-order valence-corrected chi connectivity index (χ4v) is 4.54. The molecule has 1 aromatic carbocycles. The van der Waals surface area contributed by atoms with E-state index >= 15 is 4.39 Å². The van der Waals surface area contributed by atoms with Gasteiger partial charge in [-0.05, 0) is 31.2 Å². The van der Waals surface area contributed by atoms with E-state index in [1.54, 1.807) is 53.5 Å². The molecule has 11 nitrogen and oxygen atoms in total. The fraction of sp³-hybridized carbons (Fsp3) is 0.0357. The average Bonchev–Trinajstić information content (AvgIpc) is 3.72. The second kappa shape index (κ2) is 9.20. The SMILES string of the molecule is Cc1cn(-c2nccc3[nH]c(-c4n[nH]c5ncc(-c6cncc(NC(=O)c7ccccc7)c6)c(F)c45)nc23)cn1. The van der Waals surface area contributed by atoms with Gasteiger partial charge >= 0.3 is 0 Å². The van der Waals surface area contributed by atoms with E-state index in [9.17, 15) is 4.79 Å². The number of rotatable bonds is 5. The average molecular weight is 531 g/mol. The van der Waals surface area contributed by atoms with Crippen LogP contribution in [0.25, 0.3) is 50.5 Å². The molecule has 12 heteroatoms. The van der Waals surface area contributed by atoms with Crippen molar-refractivity contribution >= 4 is 33.7 Å². The van der Waals surface area contributed by atoms with Crippen molar-refractivity contribution in [2.75, 3.05) is 5.32 Å². The lowest BCUT2D eigenvalue weighted by atomic mass is 10.1. The van der Waals surface area contributed by atoms with Gasteiger partial charge in [0.1, 0.15) is 23.4 Å². The topological polar surface area (TPSA) is 143 Å². The van der Waals surface area contributed by atoms with E-state index in [0.717, 1.165) is 5.69 Å². The van der Waals surface area contributed by atoms with Crippen molar-refractivity contribution in [1.82, 2.24) is 44.7 Å². The van der Waals surface area contributed by atoms with Gasteiger partial charge in [-0.1, -0.05) is 18.2 Å². The summed E-state index contributed by atoms with van der Waals surface area (Å²) in [5.41, 5.74) is 4.23. The van der Waals surface area contributed by atoms with Crippen molar-refractivity contribution in [2.45, 2.75) is 6.92 Å². The van der Waals surface area contributed by atoms with Crippen molar-refractivity contribution in [3.05, 3.63) is 96.9 Å². The molecule has 0 fully saturated rings. The first-order valence-corrected chi connectivity index (χ1v) is 12.3. The molecule has 6 aromatic heterocycles. The maximum Gasteiger partial charge on any atom is 0.255 e. The van der Waals surface area contributed by atoms with Crippen molar-refractivity contribution in [3.8, 4) is 28.5 Å². The first-order valence-electron chi connectivity index (χ1n) is 12.3. The number of H-pyrrole nitrogens is 2. The summed E-state index contributed by atoms with van der Waals surface area (Å²) >= 11 is 0. The normalized spacial score (nSPS) is 11.3. The second-order valence-electron chi connectivity index (χ2n) is 9.10. The van der Waals surface area contributed by atoms with E-state index in [1.165, 1.54) is 18.6 Å². The summed E-state index contributed by atoms with van der Waals surface area (Å²) in [4.78, 5) is 37.8. The number of aryl methyl sites for hydroxylation is 1. The highest BCUT2D eigenvalue weighted by molar-refractivity contribution is 6.04. The number of imidazole rings is 2. The molecule has 6 heterocycles. The Bertz CT molecular complexity index is 2040. The predicted octanol–water partition coefficient (Wildman–Crippen LogP) is 4.84. The molecule has 0 saturated carbocycles. The molecule has 0 saturated heterocycles. The van der Waals surface area contributed by atoms with Gasteiger partial charge in [0, 0.05) is 41.5 Å². The zero-order valence-corrected chi connectivity index (χ0v) is 20.9. The van der Waals surface area contributed by atoms with Crippen molar-refractivity contribution in [1.29, 1.82) is 0 Å². The molecule has 40 heavy (non-hydrogen) atoms. The lowest BCUT2D eigenvalue weighted by Gasteiger charge is -2.08. The van der Waals surface area contributed by atoms with Crippen LogP contribution in [0.2, 0.25) is 0 Å². The number of anilines is 1. The number of nitrogens with zero attached hydrogens (tertiary/aromatic N) is 7. The number of aromatic amines is 2. The number of halogens is 1. The number of nitrogens with one attached hydrogen (secondary N) is 3. The molecule has 0 bridgehead atoms. The first-order chi connectivity index (χ1) is 19.5. The van der Waals surface area contributed by atoms with Gasteiger partial charge in [0.15, 0.2) is 17.3 Å². The Balaban J connectivity index is 1.28. The third kappa shape index (κ3) is 3.95. The van der Waals surface area contributed by atoms with Crippen LogP contribution in [0.4, 0.5) is 10.1 Å². The minimum absolute atomic E-state index is 0.170. The highest BCUT2D eigenvalue weighted by Crippen LogP contribution is 2.33. The van der Waals surface area contributed by atoms with Gasteiger partial charge in [-0.3, -0.25) is 19.4 Å². The van der Waals surface area contributed by atoms with E-state index in [4.69, 9.17) is 4.98 Å². The zero-order valence-electron chi connectivity index (χ0n) is 20.9. The summed E-state index contributed by atoms with van der Waals surface area (Å²) in [5.74, 6) is 0.0915.